The summed E-state index contributed by atoms with van der Waals surface area (Å²) >= 11 is 0. The number of aryl methyl sites for hydroxylation is 3. The van der Waals surface area contributed by atoms with E-state index in [1.165, 1.54) is 0 Å². The molecule has 0 aliphatic rings. The molecule has 26 nitrogen and oxygen atoms in total. The Bertz CT molecular complexity index is 4620. The van der Waals surface area contributed by atoms with Crippen molar-refractivity contribution in [3.8, 4) is 86.3 Å². The number of para-hydroxylation sites is 3. The van der Waals surface area contributed by atoms with Crippen LogP contribution in [0.5, 0.6) is 17.2 Å². The lowest BCUT2D eigenvalue weighted by molar-refractivity contribution is -0.134. The first-order chi connectivity index (χ1) is 53.3. The lowest BCUT2D eigenvalue weighted by atomic mass is 10.1. The van der Waals surface area contributed by atoms with E-state index in [-0.39, 0.29) is 16.7 Å². The minimum atomic E-state index is -0.833. The third-order valence-electron chi connectivity index (χ3n) is 15.9. The largest absolute Gasteiger partial charge is 0.494 e. The third-order valence-corrected chi connectivity index (χ3v) is 15.9. The van der Waals surface area contributed by atoms with Crippen molar-refractivity contribution in [3.63, 3.8) is 0 Å². The number of amides is 3. The van der Waals surface area contributed by atoms with E-state index in [0.717, 1.165) is 96.8 Å². The Morgan fingerprint density at radius 3 is 0.936 bits per heavy atom. The Labute approximate surface area is 631 Å². The quantitative estimate of drug-likeness (QED) is 0.0185. The topological polar surface area (TPSA) is 331 Å². The van der Waals surface area contributed by atoms with E-state index in [1.807, 2.05) is 254 Å². The highest BCUT2D eigenvalue weighted by Gasteiger charge is 2.20. The number of nitrogens with zero attached hydrogens (tertiary/aromatic N) is 15. The molecule has 4 N–H and O–H groups in total. The molecule has 552 valence electrons. The zero-order valence-electron chi connectivity index (χ0n) is 60.7. The van der Waals surface area contributed by atoms with Crippen LogP contribution in [0.25, 0.3) is 69.1 Å². The Morgan fingerprint density at radius 1 is 0.422 bits per heavy atom. The molecule has 0 unspecified atom stereocenters. The number of hydrogen-bond acceptors (Lipinski definition) is 16. The number of imidazole rings is 3. The highest BCUT2D eigenvalue weighted by atomic mass is 16.5. The van der Waals surface area contributed by atoms with Crippen molar-refractivity contribution in [2.24, 2.45) is 0 Å². The van der Waals surface area contributed by atoms with Gasteiger partial charge in [-0.1, -0.05) is 91.0 Å². The van der Waals surface area contributed by atoms with Crippen LogP contribution < -0.4 is 30.2 Å². The first-order valence-corrected chi connectivity index (χ1v) is 35.2. The smallest absolute Gasteiger partial charge is 0.300 e. The third kappa shape index (κ3) is 24.1. The monoisotopic (exact) mass is 1460 g/mol. The number of hydrogen-bond donors (Lipinski definition) is 4. The number of carbonyl (C=O) groups excluding carboxylic acids is 3. The van der Waals surface area contributed by atoms with Gasteiger partial charge >= 0.3 is 0 Å². The van der Waals surface area contributed by atoms with Crippen LogP contribution in [-0.4, -0.2) is 126 Å². The van der Waals surface area contributed by atoms with Crippen LogP contribution in [0.1, 0.15) is 63.6 Å². The van der Waals surface area contributed by atoms with Gasteiger partial charge in [-0.3, -0.25) is 19.2 Å². The molecule has 0 fully saturated rings. The summed E-state index contributed by atoms with van der Waals surface area (Å²) in [6.07, 6.45) is 28.3. The van der Waals surface area contributed by atoms with E-state index in [1.54, 1.807) is 69.8 Å². The number of benzene rings is 6. The molecule has 12 rings (SSSR count). The summed E-state index contributed by atoms with van der Waals surface area (Å²) in [6, 6.07) is 58.0. The number of rotatable bonds is 30. The minimum Gasteiger partial charge on any atom is -0.494 e. The molecule has 0 saturated heterocycles. The van der Waals surface area contributed by atoms with Crippen molar-refractivity contribution in [1.29, 1.82) is 15.8 Å². The Hall–Kier alpha value is -14.5. The molecule has 0 spiro atoms. The van der Waals surface area contributed by atoms with Gasteiger partial charge in [0.25, 0.3) is 23.7 Å². The maximum absolute atomic E-state index is 12.7. The highest BCUT2D eigenvalue weighted by molar-refractivity contribution is 6.04. The van der Waals surface area contributed by atoms with Crippen molar-refractivity contribution < 1.29 is 38.5 Å². The van der Waals surface area contributed by atoms with Gasteiger partial charge in [0, 0.05) is 135 Å². The van der Waals surface area contributed by atoms with Crippen molar-refractivity contribution in [3.05, 3.63) is 272 Å². The summed E-state index contributed by atoms with van der Waals surface area (Å²) in [5, 5.41) is 59.4. The second-order valence-electron chi connectivity index (χ2n) is 23.8. The van der Waals surface area contributed by atoms with E-state index < -0.39 is 23.7 Å². The van der Waals surface area contributed by atoms with E-state index in [0.29, 0.717) is 73.2 Å². The number of nitrogens with one attached hydrogen (secondary N) is 3. The van der Waals surface area contributed by atoms with E-state index in [9.17, 15) is 30.2 Å². The maximum Gasteiger partial charge on any atom is 0.300 e. The van der Waals surface area contributed by atoms with Crippen molar-refractivity contribution in [2.45, 2.75) is 66.6 Å². The predicted molar refractivity (Wildman–Crippen MR) is 414 cm³/mol. The molecule has 0 aliphatic carbocycles. The van der Waals surface area contributed by atoms with Crippen molar-refractivity contribution >= 4 is 41.9 Å². The first-order valence-electron chi connectivity index (χ1n) is 35.2. The fraction of sp³-hybridized carbons (Fsp3) is 0.193. The van der Waals surface area contributed by atoms with Gasteiger partial charge in [0.15, 0.2) is 0 Å². The van der Waals surface area contributed by atoms with Gasteiger partial charge in [-0.25, -0.2) is 29.0 Å². The minimum absolute atomic E-state index is 0.0162. The van der Waals surface area contributed by atoms with Crippen molar-refractivity contribution in [1.82, 2.24) is 73.9 Å². The standard InChI is InChI=1S/3C27H26N6O2.C2H4O2/c3*1-2-35-25-11-6-8-21(17-25)26-23(19-33(31-26)24-9-4-3-5-10-24)16-22(18-28)27(34)30-12-7-14-32-15-13-29-20-32;1-2(3)4/h3*3-6,8-11,13,15-17,19-20H,2,7,12,14H2,1H3,(H,30,34);1H3,(H,3,4)/b3*22-16-;. The summed E-state index contributed by atoms with van der Waals surface area (Å²) in [5.74, 6) is 0.0971. The van der Waals surface area contributed by atoms with Crippen LogP contribution in [-0.2, 0) is 38.8 Å². The predicted octanol–water partition coefficient (Wildman–Crippen LogP) is 12.8. The van der Waals surface area contributed by atoms with Gasteiger partial charge in [0.2, 0.25) is 0 Å². The normalized spacial score (nSPS) is 11.0. The molecule has 6 aromatic carbocycles. The number of aromatic nitrogens is 12. The summed E-state index contributed by atoms with van der Waals surface area (Å²) in [5.41, 5.74) is 9.08. The molecule has 26 heteroatoms. The summed E-state index contributed by atoms with van der Waals surface area (Å²) in [6.45, 7) is 12.1. The van der Waals surface area contributed by atoms with E-state index in [4.69, 9.17) is 39.4 Å². The van der Waals surface area contributed by atoms with Gasteiger partial charge < -0.3 is 49.0 Å². The number of ether oxygens (including phenoxy) is 3. The van der Waals surface area contributed by atoms with Gasteiger partial charge in [-0.15, -0.1) is 0 Å². The van der Waals surface area contributed by atoms with Gasteiger partial charge in [-0.05, 0) is 131 Å². The Morgan fingerprint density at radius 2 is 0.697 bits per heavy atom. The molecule has 6 heterocycles. The molecule has 3 amide bonds. The summed E-state index contributed by atoms with van der Waals surface area (Å²) in [4.78, 5) is 59.2. The second-order valence-corrected chi connectivity index (χ2v) is 23.8. The number of aliphatic carboxylic acids is 1. The molecule has 109 heavy (non-hydrogen) atoms. The fourth-order valence-corrected chi connectivity index (χ4v) is 10.8. The zero-order chi connectivity index (χ0) is 77.0. The van der Waals surface area contributed by atoms with Gasteiger partial charge in [-0.2, -0.15) is 31.1 Å². The molecule has 6 aromatic heterocycles. The molecule has 12 aromatic rings. The van der Waals surface area contributed by atoms with Gasteiger partial charge in [0.05, 0.1) is 55.9 Å². The van der Waals surface area contributed by atoms with Crippen LogP contribution in [0.15, 0.2) is 255 Å². The molecular weight excluding hydrogens is 1380 g/mol. The number of carboxylic acids is 1. The van der Waals surface area contributed by atoms with Crippen LogP contribution in [0.4, 0.5) is 0 Å². The van der Waals surface area contributed by atoms with Crippen LogP contribution in [0.2, 0.25) is 0 Å². The first kappa shape index (κ1) is 78.7. The van der Waals surface area contributed by atoms with E-state index >= 15 is 0 Å². The molecule has 0 atom stereocenters. The van der Waals surface area contributed by atoms with Crippen LogP contribution in [0.3, 0.4) is 0 Å². The molecule has 0 bridgehead atoms. The SMILES string of the molecule is CC(=O)O.CCOc1cccc(-c2nn(-c3ccccc3)cc2/C=C(/C#N)C(=O)NCCCn2ccnc2)c1.CCOc1cccc(-c2nn(-c3ccccc3)cc2/C=C(/C#N)C(=O)NCCCn2ccnc2)c1.CCOc1cccc(-c2nn(-c3ccccc3)cc2/C=C(/C#N)C(=O)NCCCn2ccnc2)c1. The maximum atomic E-state index is 12.7. The molecule has 0 saturated carbocycles. The summed E-state index contributed by atoms with van der Waals surface area (Å²) in [7, 11) is 0. The van der Waals surface area contributed by atoms with Gasteiger partial charge in [0.1, 0.15) is 69.3 Å². The second kappa shape index (κ2) is 41.7. The van der Waals surface area contributed by atoms with Crippen LogP contribution >= 0.6 is 0 Å². The van der Waals surface area contributed by atoms with E-state index in [2.05, 4.69) is 30.9 Å². The fourth-order valence-electron chi connectivity index (χ4n) is 10.8. The molecular formula is C83H82N18O8. The lowest BCUT2D eigenvalue weighted by Crippen LogP contribution is -2.26. The Kier molecular flexibility index (Phi) is 30.1. The highest BCUT2D eigenvalue weighted by Crippen LogP contribution is 2.32. The summed E-state index contributed by atoms with van der Waals surface area (Å²) < 4.78 is 28.0. The van der Waals surface area contributed by atoms with Crippen LogP contribution in [0, 0.1) is 34.0 Å². The zero-order valence-corrected chi connectivity index (χ0v) is 60.7. The average Bonchev–Trinajstić information content (AvgIpc) is 1.69. The number of carboxylic acid groups (broad SMARTS) is 1. The average molecular weight is 1460 g/mol. The number of nitriles is 3. The lowest BCUT2D eigenvalue weighted by Gasteiger charge is -2.06. The Balaban J connectivity index is 0.000000184. The van der Waals surface area contributed by atoms with Crippen molar-refractivity contribution in [2.75, 3.05) is 39.5 Å². The molecule has 0 aliphatic heterocycles. The number of carbonyl (C=O) groups is 4. The molecule has 0 radical (unpaired) electrons.